The maximum Gasteiger partial charge on any atom is 0.419 e. The Hall–Kier alpha value is -6.92. The molecule has 2 aromatic rings. The van der Waals surface area contributed by atoms with E-state index in [1.54, 1.807) is 13.8 Å². The molecular formula is C34H48N10O15. The maximum absolute atomic E-state index is 12.4. The Labute approximate surface area is 336 Å². The quantitative estimate of drug-likeness (QED) is 0.0272. The van der Waals surface area contributed by atoms with Crippen LogP contribution in [0.5, 0.6) is 0 Å². The molecule has 0 aliphatic heterocycles. The molecule has 1 aromatic carbocycles. The number of carbonyl (C=O) groups is 7. The van der Waals surface area contributed by atoms with Gasteiger partial charge in [0.15, 0.2) is 0 Å². The van der Waals surface area contributed by atoms with Gasteiger partial charge in [0, 0.05) is 44.6 Å². The van der Waals surface area contributed by atoms with Crippen molar-refractivity contribution >= 4 is 59.3 Å². The summed E-state index contributed by atoms with van der Waals surface area (Å²) < 4.78 is 12.1. The number of aldehydes is 1. The number of urea groups is 2. The molecule has 1 heterocycles. The van der Waals surface area contributed by atoms with Crippen molar-refractivity contribution in [1.82, 2.24) is 36.1 Å². The van der Waals surface area contributed by atoms with Crippen molar-refractivity contribution < 1.29 is 63.1 Å². The van der Waals surface area contributed by atoms with Crippen LogP contribution < -0.4 is 31.9 Å². The van der Waals surface area contributed by atoms with Crippen LogP contribution in [0.2, 0.25) is 0 Å². The predicted molar refractivity (Wildman–Crippen MR) is 204 cm³/mol. The molecule has 2 unspecified atom stereocenters. The SMILES string of the molecule is CC(COC(C)CCOC(=O)n1cnc(CCNC(=O)CNc2ccc([N+](=O)[O-])cc2[N+](=O)[O-])c1)NC(=O)NCCCC[C@@H](C=O)NC(=O)N[C@@H](CCC(=O)O)C(=O)O. The van der Waals surface area contributed by atoms with Crippen molar-refractivity contribution in [3.05, 3.63) is 56.6 Å². The lowest BCUT2D eigenvalue weighted by atomic mass is 10.1. The molecule has 25 heteroatoms. The number of carbonyl (C=O) groups excluding carboxylic acids is 5. The van der Waals surface area contributed by atoms with Gasteiger partial charge < -0.3 is 56.4 Å². The van der Waals surface area contributed by atoms with E-state index in [0.29, 0.717) is 31.2 Å². The van der Waals surface area contributed by atoms with Gasteiger partial charge in [0.1, 0.15) is 24.3 Å². The highest BCUT2D eigenvalue weighted by atomic mass is 16.6. The zero-order valence-electron chi connectivity index (χ0n) is 32.2. The van der Waals surface area contributed by atoms with E-state index in [2.05, 4.69) is 36.9 Å². The van der Waals surface area contributed by atoms with Gasteiger partial charge in [-0.15, -0.1) is 0 Å². The Kier molecular flexibility index (Phi) is 20.7. The van der Waals surface area contributed by atoms with Crippen LogP contribution in [0.4, 0.5) is 31.4 Å². The van der Waals surface area contributed by atoms with E-state index >= 15 is 0 Å². The van der Waals surface area contributed by atoms with Crippen molar-refractivity contribution in [3.8, 4) is 0 Å². The number of benzene rings is 1. The van der Waals surface area contributed by atoms with E-state index in [4.69, 9.17) is 19.7 Å². The maximum atomic E-state index is 12.4. The van der Waals surface area contributed by atoms with Gasteiger partial charge in [-0.25, -0.2) is 28.7 Å². The zero-order valence-corrected chi connectivity index (χ0v) is 32.2. The number of anilines is 1. The van der Waals surface area contributed by atoms with Crippen molar-refractivity contribution in [2.45, 2.75) is 83.0 Å². The Balaban J connectivity index is 1.58. The highest BCUT2D eigenvalue weighted by Gasteiger charge is 2.23. The summed E-state index contributed by atoms with van der Waals surface area (Å²) >= 11 is 0. The molecule has 2 rings (SSSR count). The Bertz CT molecular complexity index is 1790. The van der Waals surface area contributed by atoms with E-state index < -0.39 is 75.7 Å². The second kappa shape index (κ2) is 25.4. The highest BCUT2D eigenvalue weighted by Crippen LogP contribution is 2.28. The first-order chi connectivity index (χ1) is 28.0. The number of carboxylic acid groups (broad SMARTS) is 2. The standard InChI is InChI=1S/C34H48N10O15/c1-21(39-32(51)36-12-4-3-5-24(18-45)40-33(52)41-27(31(49)50)8-9-30(47)48)19-59-22(2)11-14-58-34(53)42-17-23(38-20-42)10-13-35-29(46)16-37-26-7-6-25(43(54)55)15-28(26)44(56)57/h6-7,15,17-18,20-22,24,27,37H,3-5,8-14,16,19H2,1-2H3,(H,35,46)(H,47,48)(H,49,50)(H2,36,39,51)(H2,40,41,52)/t21?,22?,24-,27-/m0/s1. The van der Waals surface area contributed by atoms with Crippen LogP contribution in [0, 0.1) is 20.2 Å². The van der Waals surface area contributed by atoms with Gasteiger partial charge in [-0.05, 0) is 45.6 Å². The second-order valence-corrected chi connectivity index (χ2v) is 13.0. The largest absolute Gasteiger partial charge is 0.481 e. The smallest absolute Gasteiger partial charge is 0.419 e. The molecule has 8 N–H and O–H groups in total. The molecule has 0 radical (unpaired) electrons. The molecule has 1 aromatic heterocycles. The zero-order chi connectivity index (χ0) is 43.9. The Morgan fingerprint density at radius 2 is 1.68 bits per heavy atom. The summed E-state index contributed by atoms with van der Waals surface area (Å²) in [4.78, 5) is 107. The number of aliphatic carboxylic acids is 2. The van der Waals surface area contributed by atoms with Gasteiger partial charge in [0.25, 0.3) is 11.4 Å². The summed E-state index contributed by atoms with van der Waals surface area (Å²) in [6.45, 7) is 3.71. The average Bonchev–Trinajstić information content (AvgIpc) is 3.66. The van der Waals surface area contributed by atoms with Crippen LogP contribution in [0.15, 0.2) is 30.7 Å². The number of imidazole rings is 1. The third kappa shape index (κ3) is 19.2. The number of nitrogens with zero attached hydrogens (tertiary/aromatic N) is 4. The molecule has 324 valence electrons. The number of nitro groups is 2. The summed E-state index contributed by atoms with van der Waals surface area (Å²) in [5.41, 5.74) is -0.607. The molecule has 5 amide bonds. The first-order valence-electron chi connectivity index (χ1n) is 18.2. The molecule has 25 nitrogen and oxygen atoms in total. The average molecular weight is 837 g/mol. The van der Waals surface area contributed by atoms with Crippen molar-refractivity contribution in [2.75, 3.05) is 38.2 Å². The molecule has 0 saturated heterocycles. The van der Waals surface area contributed by atoms with E-state index in [0.717, 1.165) is 22.8 Å². The number of hydrogen-bond donors (Lipinski definition) is 8. The van der Waals surface area contributed by atoms with Gasteiger partial charge >= 0.3 is 30.1 Å². The molecule has 0 fully saturated rings. The summed E-state index contributed by atoms with van der Waals surface area (Å²) in [5, 5.41) is 55.0. The summed E-state index contributed by atoms with van der Waals surface area (Å²) in [7, 11) is 0. The number of carboxylic acids is 2. The van der Waals surface area contributed by atoms with Gasteiger partial charge in [-0.3, -0.25) is 29.8 Å². The molecule has 0 aliphatic carbocycles. The number of aromatic nitrogens is 2. The Morgan fingerprint density at radius 3 is 2.34 bits per heavy atom. The molecule has 0 saturated carbocycles. The minimum atomic E-state index is -1.44. The highest BCUT2D eigenvalue weighted by molar-refractivity contribution is 5.84. The van der Waals surface area contributed by atoms with Gasteiger partial charge in [-0.2, -0.15) is 0 Å². The van der Waals surface area contributed by atoms with Gasteiger partial charge in [0.2, 0.25) is 5.91 Å². The molecule has 0 aliphatic rings. The third-order valence-electron chi connectivity index (χ3n) is 8.10. The lowest BCUT2D eigenvalue weighted by Crippen LogP contribution is -2.49. The van der Waals surface area contributed by atoms with Crippen LogP contribution in [-0.2, 0) is 35.1 Å². The van der Waals surface area contributed by atoms with Crippen LogP contribution in [0.25, 0.3) is 0 Å². The fourth-order valence-corrected chi connectivity index (χ4v) is 4.95. The molecule has 0 spiro atoms. The number of rotatable bonds is 27. The second-order valence-electron chi connectivity index (χ2n) is 13.0. The number of unbranched alkanes of at least 4 members (excludes halogenated alkanes) is 1. The summed E-state index contributed by atoms with van der Waals surface area (Å²) in [5.74, 6) is -3.14. The monoisotopic (exact) mass is 836 g/mol. The first-order valence-corrected chi connectivity index (χ1v) is 18.2. The van der Waals surface area contributed by atoms with Gasteiger partial charge in [-0.1, -0.05) is 0 Å². The fourth-order valence-electron chi connectivity index (χ4n) is 4.95. The predicted octanol–water partition coefficient (Wildman–Crippen LogP) is 1.29. The minimum Gasteiger partial charge on any atom is -0.481 e. The lowest BCUT2D eigenvalue weighted by molar-refractivity contribution is -0.393. The summed E-state index contributed by atoms with van der Waals surface area (Å²) in [6, 6.07) is -1.12. The first kappa shape index (κ1) is 48.2. The fraction of sp³-hybridized carbons (Fsp3) is 0.529. The van der Waals surface area contributed by atoms with E-state index in [1.165, 1.54) is 12.5 Å². The number of ether oxygens (including phenoxy) is 2. The van der Waals surface area contributed by atoms with Crippen molar-refractivity contribution in [2.24, 2.45) is 0 Å². The molecular weight excluding hydrogens is 788 g/mol. The number of amides is 5. The van der Waals surface area contributed by atoms with Crippen LogP contribution >= 0.6 is 0 Å². The molecule has 0 bridgehead atoms. The summed E-state index contributed by atoms with van der Waals surface area (Å²) in [6.07, 6.45) is 3.05. The van der Waals surface area contributed by atoms with E-state index in [-0.39, 0.29) is 69.9 Å². The van der Waals surface area contributed by atoms with Gasteiger partial charge in [0.05, 0.1) is 59.6 Å². The number of nitro benzene ring substituents is 2. The van der Waals surface area contributed by atoms with Crippen LogP contribution in [0.3, 0.4) is 0 Å². The minimum absolute atomic E-state index is 0.0204. The van der Waals surface area contributed by atoms with Crippen LogP contribution in [0.1, 0.15) is 58.1 Å². The molecule has 4 atom stereocenters. The topological polar surface area (TPSA) is 355 Å². The lowest BCUT2D eigenvalue weighted by Gasteiger charge is -2.19. The van der Waals surface area contributed by atoms with E-state index in [1.807, 2.05) is 0 Å². The van der Waals surface area contributed by atoms with Crippen LogP contribution in [-0.4, -0.2) is 129 Å². The number of nitrogens with one attached hydrogen (secondary N) is 6. The molecule has 59 heavy (non-hydrogen) atoms. The van der Waals surface area contributed by atoms with Crippen molar-refractivity contribution in [1.29, 1.82) is 0 Å². The van der Waals surface area contributed by atoms with E-state index in [9.17, 15) is 53.8 Å². The third-order valence-corrected chi connectivity index (χ3v) is 8.10. The Morgan fingerprint density at radius 1 is 0.932 bits per heavy atom. The normalized spacial score (nSPS) is 12.7. The number of non-ortho nitro benzene ring substituents is 1. The van der Waals surface area contributed by atoms with Crippen molar-refractivity contribution in [3.63, 3.8) is 0 Å². The number of hydrogen-bond acceptors (Lipinski definition) is 15.